The predicted octanol–water partition coefficient (Wildman–Crippen LogP) is 3.41. The fourth-order valence-electron chi connectivity index (χ4n) is 1.90. The number of aryl methyl sites for hydroxylation is 1. The number of hydrogen-bond donors (Lipinski definition) is 1. The summed E-state index contributed by atoms with van der Waals surface area (Å²) in [6.07, 6.45) is 0. The smallest absolute Gasteiger partial charge is 0.251 e. The molecule has 2 heteroatoms. The molecule has 0 saturated heterocycles. The summed E-state index contributed by atoms with van der Waals surface area (Å²) in [5, 5.41) is 2.79. The molecule has 0 atom stereocenters. The lowest BCUT2D eigenvalue weighted by molar-refractivity contribution is 0.0956. The van der Waals surface area contributed by atoms with Crippen molar-refractivity contribution < 1.29 is 4.79 Å². The summed E-state index contributed by atoms with van der Waals surface area (Å²) >= 11 is 0. The number of rotatable bonds is 3. The molecule has 0 aliphatic carbocycles. The van der Waals surface area contributed by atoms with Gasteiger partial charge in [-0.1, -0.05) is 42.0 Å². The maximum Gasteiger partial charge on any atom is 0.251 e. The van der Waals surface area contributed by atoms with Gasteiger partial charge in [-0.2, -0.15) is 0 Å². The summed E-state index contributed by atoms with van der Waals surface area (Å²) < 4.78 is 0. The first-order valence-electron chi connectivity index (χ1n) is 6.16. The normalized spacial score (nSPS) is 10.1. The molecule has 0 aliphatic rings. The summed E-state index contributed by atoms with van der Waals surface area (Å²) in [6, 6.07) is 16.0. The number of nitrogens with one attached hydrogen (secondary N) is 1. The Morgan fingerprint density at radius 1 is 1.06 bits per heavy atom. The van der Waals surface area contributed by atoms with Gasteiger partial charge in [-0.3, -0.25) is 4.79 Å². The van der Waals surface area contributed by atoms with Crippen molar-refractivity contribution in [3.63, 3.8) is 0 Å². The lowest BCUT2D eigenvalue weighted by atomic mass is 10.0. The molecule has 2 aromatic rings. The van der Waals surface area contributed by atoms with Crippen molar-refractivity contribution in [2.24, 2.45) is 0 Å². The van der Waals surface area contributed by atoms with Crippen molar-refractivity contribution in [3.8, 4) is 11.1 Å². The van der Waals surface area contributed by atoms with Gasteiger partial charge < -0.3 is 5.32 Å². The minimum Gasteiger partial charge on any atom is -0.352 e. The second-order valence-electron chi connectivity index (χ2n) is 4.31. The second kappa shape index (κ2) is 5.50. The van der Waals surface area contributed by atoms with Gasteiger partial charge in [-0.25, -0.2) is 0 Å². The van der Waals surface area contributed by atoms with Gasteiger partial charge in [0.1, 0.15) is 0 Å². The van der Waals surface area contributed by atoms with E-state index in [0.29, 0.717) is 12.1 Å². The van der Waals surface area contributed by atoms with E-state index < -0.39 is 0 Å². The highest BCUT2D eigenvalue weighted by molar-refractivity contribution is 5.94. The third kappa shape index (κ3) is 2.77. The monoisotopic (exact) mass is 239 g/mol. The second-order valence-corrected chi connectivity index (χ2v) is 4.31. The van der Waals surface area contributed by atoms with Crippen LogP contribution >= 0.6 is 0 Å². The van der Waals surface area contributed by atoms with E-state index in [9.17, 15) is 4.79 Å². The molecule has 18 heavy (non-hydrogen) atoms. The molecular weight excluding hydrogens is 222 g/mol. The van der Waals surface area contributed by atoms with Crippen molar-refractivity contribution in [2.75, 3.05) is 6.54 Å². The van der Waals surface area contributed by atoms with Crippen LogP contribution < -0.4 is 5.32 Å². The third-order valence-electron chi connectivity index (χ3n) is 2.84. The maximum absolute atomic E-state index is 11.6. The summed E-state index contributed by atoms with van der Waals surface area (Å²) in [5.74, 6) is -0.0201. The predicted molar refractivity (Wildman–Crippen MR) is 74.6 cm³/mol. The number of benzene rings is 2. The zero-order valence-electron chi connectivity index (χ0n) is 10.7. The van der Waals surface area contributed by atoms with Crippen LogP contribution in [0.5, 0.6) is 0 Å². The summed E-state index contributed by atoms with van der Waals surface area (Å²) in [4.78, 5) is 11.6. The van der Waals surface area contributed by atoms with Crippen molar-refractivity contribution in [1.29, 1.82) is 0 Å². The Balaban J connectivity index is 2.25. The van der Waals surface area contributed by atoms with Gasteiger partial charge in [0.05, 0.1) is 0 Å². The largest absolute Gasteiger partial charge is 0.352 e. The number of hydrogen-bond acceptors (Lipinski definition) is 1. The Labute approximate surface area is 108 Å². The fourth-order valence-corrected chi connectivity index (χ4v) is 1.90. The standard InChI is InChI=1S/C16H17NO/c1-3-17-16(18)14-9-7-13(8-10-14)15-6-4-5-12(2)11-15/h4-11H,3H2,1-2H3,(H,17,18). The highest BCUT2D eigenvalue weighted by Crippen LogP contribution is 2.20. The van der Waals surface area contributed by atoms with Gasteiger partial charge in [0, 0.05) is 12.1 Å². The lowest BCUT2D eigenvalue weighted by Crippen LogP contribution is -2.22. The van der Waals surface area contributed by atoms with Gasteiger partial charge >= 0.3 is 0 Å². The molecule has 0 unspecified atom stereocenters. The van der Waals surface area contributed by atoms with Crippen LogP contribution in [0.2, 0.25) is 0 Å². The molecule has 1 N–H and O–H groups in total. The van der Waals surface area contributed by atoms with Gasteiger partial charge in [0.2, 0.25) is 0 Å². The molecule has 0 heterocycles. The number of carbonyl (C=O) groups excluding carboxylic acids is 1. The van der Waals surface area contributed by atoms with Gasteiger partial charge in [-0.15, -0.1) is 0 Å². The van der Waals surface area contributed by atoms with E-state index in [1.807, 2.05) is 37.3 Å². The highest BCUT2D eigenvalue weighted by Gasteiger charge is 2.04. The molecule has 0 aromatic heterocycles. The van der Waals surface area contributed by atoms with Gasteiger partial charge in [0.15, 0.2) is 0 Å². The van der Waals surface area contributed by atoms with Crippen molar-refractivity contribution >= 4 is 5.91 Å². The van der Waals surface area contributed by atoms with Crippen molar-refractivity contribution in [1.82, 2.24) is 5.32 Å². The Hall–Kier alpha value is -2.09. The molecule has 0 fully saturated rings. The molecular formula is C16H17NO. The van der Waals surface area contributed by atoms with E-state index >= 15 is 0 Å². The highest BCUT2D eigenvalue weighted by atomic mass is 16.1. The Morgan fingerprint density at radius 3 is 2.39 bits per heavy atom. The first-order valence-corrected chi connectivity index (χ1v) is 6.16. The quantitative estimate of drug-likeness (QED) is 0.873. The molecule has 92 valence electrons. The van der Waals surface area contributed by atoms with Crippen LogP contribution in [0.15, 0.2) is 48.5 Å². The fraction of sp³-hybridized carbons (Fsp3) is 0.188. The van der Waals surface area contributed by atoms with Crippen LogP contribution in [-0.2, 0) is 0 Å². The van der Waals surface area contributed by atoms with Crippen LogP contribution in [0.1, 0.15) is 22.8 Å². The first kappa shape index (κ1) is 12.4. The molecule has 2 nitrogen and oxygen atoms in total. The topological polar surface area (TPSA) is 29.1 Å². The molecule has 2 aromatic carbocycles. The molecule has 0 saturated carbocycles. The van der Waals surface area contributed by atoms with E-state index in [2.05, 4.69) is 30.4 Å². The number of carbonyl (C=O) groups is 1. The van der Waals surface area contributed by atoms with Crippen LogP contribution in [0.4, 0.5) is 0 Å². The number of amides is 1. The van der Waals surface area contributed by atoms with E-state index in [-0.39, 0.29) is 5.91 Å². The summed E-state index contributed by atoms with van der Waals surface area (Å²) in [5.41, 5.74) is 4.25. The van der Waals surface area contributed by atoms with E-state index in [1.54, 1.807) is 0 Å². The zero-order chi connectivity index (χ0) is 13.0. The van der Waals surface area contributed by atoms with Crippen molar-refractivity contribution in [2.45, 2.75) is 13.8 Å². The lowest BCUT2D eigenvalue weighted by Gasteiger charge is -2.05. The molecule has 0 bridgehead atoms. The SMILES string of the molecule is CCNC(=O)c1ccc(-c2cccc(C)c2)cc1. The zero-order valence-corrected chi connectivity index (χ0v) is 10.7. The van der Waals surface area contributed by atoms with Crippen LogP contribution in [0.25, 0.3) is 11.1 Å². The summed E-state index contributed by atoms with van der Waals surface area (Å²) in [6.45, 7) is 4.64. The molecule has 2 rings (SSSR count). The average molecular weight is 239 g/mol. The minimum atomic E-state index is -0.0201. The Kier molecular flexibility index (Phi) is 3.78. The van der Waals surface area contributed by atoms with Crippen LogP contribution in [0, 0.1) is 6.92 Å². The third-order valence-corrected chi connectivity index (χ3v) is 2.84. The summed E-state index contributed by atoms with van der Waals surface area (Å²) in [7, 11) is 0. The first-order chi connectivity index (χ1) is 8.70. The van der Waals surface area contributed by atoms with Crippen LogP contribution in [0.3, 0.4) is 0 Å². The molecule has 0 spiro atoms. The van der Waals surface area contributed by atoms with E-state index in [4.69, 9.17) is 0 Å². The van der Waals surface area contributed by atoms with Gasteiger partial charge in [-0.05, 0) is 37.1 Å². The molecule has 0 aliphatic heterocycles. The van der Waals surface area contributed by atoms with E-state index in [0.717, 1.165) is 5.56 Å². The minimum absolute atomic E-state index is 0.0201. The van der Waals surface area contributed by atoms with Crippen molar-refractivity contribution in [3.05, 3.63) is 59.7 Å². The Bertz CT molecular complexity index is 543. The Morgan fingerprint density at radius 2 is 1.78 bits per heavy atom. The maximum atomic E-state index is 11.6. The van der Waals surface area contributed by atoms with Gasteiger partial charge in [0.25, 0.3) is 5.91 Å². The molecule has 0 radical (unpaired) electrons. The van der Waals surface area contributed by atoms with E-state index in [1.165, 1.54) is 11.1 Å². The average Bonchev–Trinajstić information content (AvgIpc) is 2.39. The van der Waals surface area contributed by atoms with Crippen LogP contribution in [-0.4, -0.2) is 12.5 Å². The molecule has 1 amide bonds.